The van der Waals surface area contributed by atoms with E-state index < -0.39 is 0 Å². The highest BCUT2D eigenvalue weighted by Crippen LogP contribution is 2.71. The van der Waals surface area contributed by atoms with Gasteiger partial charge in [0.2, 0.25) is 0 Å². The van der Waals surface area contributed by atoms with Crippen molar-refractivity contribution in [3.8, 4) is 0 Å². The van der Waals surface area contributed by atoms with Crippen molar-refractivity contribution < 1.29 is 0 Å². The number of hydrogen-bond acceptors (Lipinski definition) is 0. The Morgan fingerprint density at radius 3 is 2.08 bits per heavy atom. The predicted molar refractivity (Wildman–Crippen MR) is 55.2 cm³/mol. The zero-order valence-corrected chi connectivity index (χ0v) is 9.41. The van der Waals surface area contributed by atoms with Gasteiger partial charge in [-0.25, -0.2) is 0 Å². The van der Waals surface area contributed by atoms with Crippen LogP contribution in [0.15, 0.2) is 0 Å². The van der Waals surface area contributed by atoms with Crippen LogP contribution in [0.25, 0.3) is 0 Å². The molecule has 0 heteroatoms. The summed E-state index contributed by atoms with van der Waals surface area (Å²) in [5.74, 6) is 0.877. The Bertz CT molecular complexity index is 155. The lowest BCUT2D eigenvalue weighted by Crippen LogP contribution is -2.17. The SMILES string of the molecule is CCCC1(C(C)C)CC1(C)CC. The van der Waals surface area contributed by atoms with E-state index in [4.69, 9.17) is 0 Å². The molecule has 0 amide bonds. The molecule has 72 valence electrons. The van der Waals surface area contributed by atoms with Crippen molar-refractivity contribution in [3.63, 3.8) is 0 Å². The Morgan fingerprint density at radius 2 is 1.83 bits per heavy atom. The molecule has 2 unspecified atom stereocenters. The van der Waals surface area contributed by atoms with Crippen molar-refractivity contribution in [2.24, 2.45) is 16.7 Å². The Balaban J connectivity index is 2.67. The standard InChI is InChI=1S/C12H24/c1-6-8-12(10(3)4)9-11(12,5)7-2/h10H,6-9H2,1-5H3. The molecule has 1 aliphatic carbocycles. The molecule has 1 aliphatic rings. The van der Waals surface area contributed by atoms with E-state index in [1.54, 1.807) is 0 Å². The van der Waals surface area contributed by atoms with Crippen molar-refractivity contribution in [2.45, 2.75) is 60.3 Å². The minimum absolute atomic E-state index is 0.678. The molecular weight excluding hydrogens is 144 g/mol. The first-order valence-electron chi connectivity index (χ1n) is 5.52. The van der Waals surface area contributed by atoms with Gasteiger partial charge in [0.05, 0.1) is 0 Å². The normalized spacial score (nSPS) is 40.5. The first kappa shape index (κ1) is 10.1. The van der Waals surface area contributed by atoms with E-state index in [0.717, 1.165) is 5.92 Å². The van der Waals surface area contributed by atoms with Crippen molar-refractivity contribution in [1.82, 2.24) is 0 Å². The Hall–Kier alpha value is 0. The molecule has 1 rings (SSSR count). The van der Waals surface area contributed by atoms with Crippen LogP contribution in [0.1, 0.15) is 60.3 Å². The van der Waals surface area contributed by atoms with E-state index in [-0.39, 0.29) is 0 Å². The smallest absolute Gasteiger partial charge is 0.0215 e. The summed E-state index contributed by atoms with van der Waals surface area (Å²) in [7, 11) is 0. The highest BCUT2D eigenvalue weighted by molar-refractivity contribution is 5.12. The fourth-order valence-corrected chi connectivity index (χ4v) is 3.16. The summed E-state index contributed by atoms with van der Waals surface area (Å²) in [6, 6.07) is 0. The summed E-state index contributed by atoms with van der Waals surface area (Å²) in [6.07, 6.45) is 5.63. The number of rotatable bonds is 4. The summed E-state index contributed by atoms with van der Waals surface area (Å²) >= 11 is 0. The largest absolute Gasteiger partial charge is 0.0654 e. The second kappa shape index (κ2) is 3.05. The molecule has 0 heterocycles. The third-order valence-corrected chi connectivity index (χ3v) is 4.36. The van der Waals surface area contributed by atoms with Crippen molar-refractivity contribution in [3.05, 3.63) is 0 Å². The molecule has 0 spiro atoms. The molecule has 2 atom stereocenters. The van der Waals surface area contributed by atoms with Gasteiger partial charge in [0.15, 0.2) is 0 Å². The number of hydrogen-bond donors (Lipinski definition) is 0. The summed E-state index contributed by atoms with van der Waals surface area (Å²) in [5.41, 5.74) is 1.38. The molecule has 0 bridgehead atoms. The van der Waals surface area contributed by atoms with Gasteiger partial charge in [0, 0.05) is 0 Å². The zero-order valence-electron chi connectivity index (χ0n) is 9.41. The van der Waals surface area contributed by atoms with Gasteiger partial charge >= 0.3 is 0 Å². The van der Waals surface area contributed by atoms with Crippen LogP contribution in [0.4, 0.5) is 0 Å². The molecule has 0 nitrogen and oxygen atoms in total. The Morgan fingerprint density at radius 1 is 1.25 bits per heavy atom. The Labute approximate surface area is 77.7 Å². The van der Waals surface area contributed by atoms with Gasteiger partial charge in [-0.05, 0) is 29.6 Å². The van der Waals surface area contributed by atoms with Gasteiger partial charge in [-0.1, -0.05) is 47.5 Å². The average Bonchev–Trinajstić information content (AvgIpc) is 2.60. The second-order valence-corrected chi connectivity index (χ2v) is 5.15. The Kier molecular flexibility index (Phi) is 2.56. The van der Waals surface area contributed by atoms with Gasteiger partial charge in [-0.15, -0.1) is 0 Å². The molecule has 0 N–H and O–H groups in total. The van der Waals surface area contributed by atoms with Gasteiger partial charge in [-0.3, -0.25) is 0 Å². The minimum Gasteiger partial charge on any atom is -0.0654 e. The van der Waals surface area contributed by atoms with Gasteiger partial charge in [0.25, 0.3) is 0 Å². The summed E-state index contributed by atoms with van der Waals surface area (Å²) < 4.78 is 0. The van der Waals surface area contributed by atoms with E-state index >= 15 is 0 Å². The minimum atomic E-state index is 0.678. The summed E-state index contributed by atoms with van der Waals surface area (Å²) in [5, 5.41) is 0. The first-order chi connectivity index (χ1) is 5.52. The van der Waals surface area contributed by atoms with Crippen molar-refractivity contribution in [1.29, 1.82) is 0 Å². The highest BCUT2D eigenvalue weighted by Gasteiger charge is 2.62. The molecular formula is C12H24. The summed E-state index contributed by atoms with van der Waals surface area (Å²) in [6.45, 7) is 11.9. The molecule has 0 aromatic carbocycles. The predicted octanol–water partition coefficient (Wildman–Crippen LogP) is 4.25. The van der Waals surface area contributed by atoms with Crippen LogP contribution in [0.3, 0.4) is 0 Å². The lowest BCUT2D eigenvalue weighted by atomic mass is 9.79. The first-order valence-corrected chi connectivity index (χ1v) is 5.52. The van der Waals surface area contributed by atoms with Crippen LogP contribution < -0.4 is 0 Å². The van der Waals surface area contributed by atoms with E-state index in [1.807, 2.05) is 0 Å². The van der Waals surface area contributed by atoms with Crippen molar-refractivity contribution >= 4 is 0 Å². The average molecular weight is 168 g/mol. The van der Waals surface area contributed by atoms with E-state index in [0.29, 0.717) is 10.8 Å². The van der Waals surface area contributed by atoms with Gasteiger partial charge in [-0.2, -0.15) is 0 Å². The quantitative estimate of drug-likeness (QED) is 0.588. The van der Waals surface area contributed by atoms with Crippen LogP contribution in [-0.2, 0) is 0 Å². The molecule has 0 saturated heterocycles. The molecule has 0 aromatic heterocycles. The van der Waals surface area contributed by atoms with Crippen LogP contribution in [-0.4, -0.2) is 0 Å². The van der Waals surface area contributed by atoms with Gasteiger partial charge < -0.3 is 0 Å². The zero-order chi connectivity index (χ0) is 9.41. The van der Waals surface area contributed by atoms with Crippen molar-refractivity contribution in [2.75, 3.05) is 0 Å². The van der Waals surface area contributed by atoms with E-state index in [2.05, 4.69) is 34.6 Å². The van der Waals surface area contributed by atoms with Gasteiger partial charge in [0.1, 0.15) is 0 Å². The molecule has 1 saturated carbocycles. The third kappa shape index (κ3) is 1.20. The fraction of sp³-hybridized carbons (Fsp3) is 1.00. The van der Waals surface area contributed by atoms with Crippen LogP contribution in [0.5, 0.6) is 0 Å². The van der Waals surface area contributed by atoms with E-state index in [9.17, 15) is 0 Å². The maximum absolute atomic E-state index is 2.47. The summed E-state index contributed by atoms with van der Waals surface area (Å²) in [4.78, 5) is 0. The topological polar surface area (TPSA) is 0 Å². The second-order valence-electron chi connectivity index (χ2n) is 5.15. The highest BCUT2D eigenvalue weighted by atomic mass is 14.7. The molecule has 0 radical (unpaired) electrons. The lowest BCUT2D eigenvalue weighted by molar-refractivity contribution is 0.239. The van der Waals surface area contributed by atoms with Crippen LogP contribution in [0, 0.1) is 16.7 Å². The monoisotopic (exact) mass is 168 g/mol. The maximum Gasteiger partial charge on any atom is -0.0215 e. The van der Waals surface area contributed by atoms with Crippen LogP contribution >= 0.6 is 0 Å². The lowest BCUT2D eigenvalue weighted by Gasteiger charge is -2.25. The maximum atomic E-state index is 2.47. The molecule has 12 heavy (non-hydrogen) atoms. The van der Waals surface area contributed by atoms with Crippen LogP contribution in [0.2, 0.25) is 0 Å². The molecule has 1 fully saturated rings. The molecule has 0 aromatic rings. The fourth-order valence-electron chi connectivity index (χ4n) is 3.16. The van der Waals surface area contributed by atoms with E-state index in [1.165, 1.54) is 25.7 Å². The molecule has 0 aliphatic heterocycles. The third-order valence-electron chi connectivity index (χ3n) is 4.36.